The molecule has 138 valence electrons. The van der Waals surface area contributed by atoms with Crippen LogP contribution in [-0.4, -0.2) is 26.3 Å². The Hall–Kier alpha value is -3.35. The molecule has 0 saturated heterocycles. The average Bonchev–Trinajstić information content (AvgIpc) is 2.62. The summed E-state index contributed by atoms with van der Waals surface area (Å²) in [7, 11) is 0. The molecule has 0 N–H and O–H groups in total. The summed E-state index contributed by atoms with van der Waals surface area (Å²) in [6.45, 7) is 5.40. The van der Waals surface area contributed by atoms with Crippen molar-refractivity contribution in [3.05, 3.63) is 87.6 Å². The van der Waals surface area contributed by atoms with Crippen LogP contribution in [-0.2, 0) is 0 Å². The highest BCUT2D eigenvalue weighted by Crippen LogP contribution is 2.13. The van der Waals surface area contributed by atoms with E-state index in [9.17, 15) is 14.0 Å². The number of aryl methyl sites for hydroxylation is 1. The van der Waals surface area contributed by atoms with Crippen molar-refractivity contribution in [2.75, 3.05) is 0 Å². The second kappa shape index (κ2) is 7.49. The van der Waals surface area contributed by atoms with Crippen LogP contribution >= 0.6 is 0 Å². The lowest BCUT2D eigenvalue weighted by Crippen LogP contribution is -2.33. The van der Waals surface area contributed by atoms with Crippen LogP contribution in [0.1, 0.15) is 30.0 Å². The van der Waals surface area contributed by atoms with Crippen LogP contribution in [0.15, 0.2) is 64.5 Å². The minimum Gasteiger partial charge on any atom is -0.287 e. The van der Waals surface area contributed by atoms with Gasteiger partial charge < -0.3 is 0 Å². The van der Waals surface area contributed by atoms with E-state index in [4.69, 9.17) is 0 Å². The summed E-state index contributed by atoms with van der Waals surface area (Å²) in [6, 6.07) is 12.4. The van der Waals surface area contributed by atoms with Gasteiger partial charge in [0.2, 0.25) is 5.43 Å². The van der Waals surface area contributed by atoms with Gasteiger partial charge in [-0.1, -0.05) is 18.2 Å². The number of hydrogen-bond acceptors (Lipinski definition) is 4. The standard InChI is InChI=1S/C20H19FN4O2/c1-13(2)22-18-10-6-7-11-24(18)20(27)19-17(26)12-14(3)25(23-19)16-9-5-4-8-15(16)21/h4-13H,1-3H3. The first kappa shape index (κ1) is 18.4. The lowest BCUT2D eigenvalue weighted by molar-refractivity contribution is 0.0946. The van der Waals surface area contributed by atoms with Crippen molar-refractivity contribution < 1.29 is 9.18 Å². The SMILES string of the molecule is Cc1cc(=O)c(C(=O)n2ccccc2=NC(C)C)nn1-c1ccccc1F. The molecule has 0 atom stereocenters. The van der Waals surface area contributed by atoms with E-state index in [-0.39, 0.29) is 17.4 Å². The highest BCUT2D eigenvalue weighted by atomic mass is 19.1. The first-order valence-corrected chi connectivity index (χ1v) is 8.50. The third-order valence-electron chi connectivity index (χ3n) is 3.84. The summed E-state index contributed by atoms with van der Waals surface area (Å²) < 4.78 is 16.7. The fourth-order valence-corrected chi connectivity index (χ4v) is 2.65. The van der Waals surface area contributed by atoms with Gasteiger partial charge in [0.15, 0.2) is 5.69 Å². The van der Waals surface area contributed by atoms with E-state index in [2.05, 4.69) is 10.1 Å². The van der Waals surface area contributed by atoms with Crippen LogP contribution < -0.4 is 10.9 Å². The lowest BCUT2D eigenvalue weighted by atomic mass is 10.2. The lowest BCUT2D eigenvalue weighted by Gasteiger charge is -2.12. The van der Waals surface area contributed by atoms with Crippen molar-refractivity contribution in [1.29, 1.82) is 0 Å². The number of carbonyl (C=O) groups is 1. The minimum atomic E-state index is -0.620. The van der Waals surface area contributed by atoms with E-state index in [1.54, 1.807) is 37.3 Å². The summed E-state index contributed by atoms with van der Waals surface area (Å²) in [4.78, 5) is 29.8. The van der Waals surface area contributed by atoms with E-state index < -0.39 is 17.2 Å². The molecular weight excluding hydrogens is 347 g/mol. The fourth-order valence-electron chi connectivity index (χ4n) is 2.65. The van der Waals surface area contributed by atoms with Crippen LogP contribution in [0.4, 0.5) is 4.39 Å². The van der Waals surface area contributed by atoms with Gasteiger partial charge in [-0.25, -0.2) is 9.07 Å². The second-order valence-corrected chi connectivity index (χ2v) is 6.32. The number of carbonyl (C=O) groups excluding carboxylic acids is 1. The molecule has 0 amide bonds. The van der Waals surface area contributed by atoms with Gasteiger partial charge >= 0.3 is 0 Å². The van der Waals surface area contributed by atoms with Gasteiger partial charge in [0.25, 0.3) is 5.91 Å². The Labute approximate surface area is 155 Å². The van der Waals surface area contributed by atoms with Crippen LogP contribution in [0.5, 0.6) is 0 Å². The van der Waals surface area contributed by atoms with Gasteiger partial charge in [-0.15, -0.1) is 0 Å². The zero-order chi connectivity index (χ0) is 19.6. The molecule has 3 aromatic rings. The number of halogens is 1. The van der Waals surface area contributed by atoms with Crippen molar-refractivity contribution in [3.63, 3.8) is 0 Å². The number of para-hydroxylation sites is 1. The molecule has 3 rings (SSSR count). The molecule has 0 radical (unpaired) electrons. The molecule has 2 heterocycles. The molecular formula is C20H19FN4O2. The quantitative estimate of drug-likeness (QED) is 0.715. The predicted molar refractivity (Wildman–Crippen MR) is 99.4 cm³/mol. The molecule has 7 heteroatoms. The Morgan fingerprint density at radius 3 is 2.56 bits per heavy atom. The summed E-state index contributed by atoms with van der Waals surface area (Å²) in [5, 5.41) is 4.15. The molecule has 6 nitrogen and oxygen atoms in total. The molecule has 2 aromatic heterocycles. The van der Waals surface area contributed by atoms with E-state index in [0.29, 0.717) is 11.2 Å². The maximum atomic E-state index is 14.2. The number of nitrogens with zero attached hydrogens (tertiary/aromatic N) is 4. The third kappa shape index (κ3) is 3.76. The number of hydrogen-bond donors (Lipinski definition) is 0. The predicted octanol–water partition coefficient (Wildman–Crippen LogP) is 2.48. The van der Waals surface area contributed by atoms with Crippen LogP contribution in [0.2, 0.25) is 0 Å². The van der Waals surface area contributed by atoms with Crippen molar-refractivity contribution in [3.8, 4) is 5.69 Å². The molecule has 0 fully saturated rings. The maximum absolute atomic E-state index is 14.2. The molecule has 0 aliphatic heterocycles. The van der Waals surface area contributed by atoms with Gasteiger partial charge in [0.05, 0.1) is 0 Å². The molecule has 0 saturated carbocycles. The Balaban J connectivity index is 2.20. The van der Waals surface area contributed by atoms with Gasteiger partial charge in [0, 0.05) is 24.0 Å². The number of pyridine rings is 1. The Kier molecular flexibility index (Phi) is 5.12. The Morgan fingerprint density at radius 1 is 1.15 bits per heavy atom. The second-order valence-electron chi connectivity index (χ2n) is 6.32. The third-order valence-corrected chi connectivity index (χ3v) is 3.84. The summed E-state index contributed by atoms with van der Waals surface area (Å²) in [5.74, 6) is -1.12. The van der Waals surface area contributed by atoms with Gasteiger partial charge in [-0.05, 0) is 45.0 Å². The number of benzene rings is 1. The molecule has 0 aliphatic carbocycles. The van der Waals surface area contributed by atoms with Gasteiger partial charge in [0.1, 0.15) is 17.0 Å². The highest BCUT2D eigenvalue weighted by molar-refractivity contribution is 5.93. The summed E-state index contributed by atoms with van der Waals surface area (Å²) >= 11 is 0. The first-order chi connectivity index (χ1) is 12.9. The molecule has 1 aromatic carbocycles. The van der Waals surface area contributed by atoms with Crippen molar-refractivity contribution >= 4 is 5.91 Å². The molecule has 0 bridgehead atoms. The van der Waals surface area contributed by atoms with Gasteiger partial charge in [-0.2, -0.15) is 5.10 Å². The molecule has 0 aliphatic rings. The maximum Gasteiger partial charge on any atom is 0.288 e. The van der Waals surface area contributed by atoms with Crippen molar-refractivity contribution in [1.82, 2.24) is 14.3 Å². The summed E-state index contributed by atoms with van der Waals surface area (Å²) in [5.41, 5.74) is 0.162. The highest BCUT2D eigenvalue weighted by Gasteiger charge is 2.18. The Morgan fingerprint density at radius 2 is 1.85 bits per heavy atom. The van der Waals surface area contributed by atoms with Crippen LogP contribution in [0, 0.1) is 12.7 Å². The van der Waals surface area contributed by atoms with E-state index in [0.717, 1.165) is 0 Å². The molecule has 0 unspecified atom stereocenters. The Bertz CT molecular complexity index is 1130. The summed E-state index contributed by atoms with van der Waals surface area (Å²) in [6.07, 6.45) is 1.53. The zero-order valence-corrected chi connectivity index (χ0v) is 15.3. The monoisotopic (exact) mass is 366 g/mol. The molecule has 27 heavy (non-hydrogen) atoms. The number of rotatable bonds is 3. The largest absolute Gasteiger partial charge is 0.288 e. The first-order valence-electron chi connectivity index (χ1n) is 8.50. The van der Waals surface area contributed by atoms with Crippen molar-refractivity contribution in [2.24, 2.45) is 4.99 Å². The minimum absolute atomic E-state index is 0.0347. The van der Waals surface area contributed by atoms with E-state index in [1.165, 1.54) is 33.6 Å². The van der Waals surface area contributed by atoms with E-state index >= 15 is 0 Å². The molecule has 0 spiro atoms. The zero-order valence-electron chi connectivity index (χ0n) is 15.3. The topological polar surface area (TPSA) is 69.2 Å². The van der Waals surface area contributed by atoms with Crippen LogP contribution in [0.3, 0.4) is 0 Å². The van der Waals surface area contributed by atoms with Crippen LogP contribution in [0.25, 0.3) is 5.69 Å². The smallest absolute Gasteiger partial charge is 0.287 e. The van der Waals surface area contributed by atoms with Gasteiger partial charge in [-0.3, -0.25) is 19.1 Å². The number of aromatic nitrogens is 3. The van der Waals surface area contributed by atoms with Crippen molar-refractivity contribution in [2.45, 2.75) is 26.8 Å². The average molecular weight is 366 g/mol. The normalized spacial score (nSPS) is 11.8. The fraction of sp³-hybridized carbons (Fsp3) is 0.200. The van der Waals surface area contributed by atoms with E-state index in [1.807, 2.05) is 13.8 Å².